The van der Waals surface area contributed by atoms with Gasteiger partial charge in [-0.15, -0.1) is 0 Å². The van der Waals surface area contributed by atoms with Crippen LogP contribution >= 0.6 is 0 Å². The monoisotopic (exact) mass is 1890 g/mol. The number of rotatable bonds is 35. The molecule has 10 aliphatic rings. The van der Waals surface area contributed by atoms with Crippen molar-refractivity contribution in [3.8, 4) is 0 Å². The maximum Gasteiger partial charge on any atom is 0.332 e. The van der Waals surface area contributed by atoms with Crippen LogP contribution in [0.1, 0.15) is 54.9 Å². The van der Waals surface area contributed by atoms with Crippen molar-refractivity contribution >= 4 is 30.1 Å². The molecular formula is C73H124N4O52. The quantitative estimate of drug-likeness (QED) is 0.0207. The van der Waals surface area contributed by atoms with Gasteiger partial charge in [0.15, 0.2) is 50.3 Å². The lowest BCUT2D eigenvalue weighted by Gasteiger charge is -2.51. The lowest BCUT2D eigenvalue weighted by Crippen LogP contribution is -2.71. The van der Waals surface area contributed by atoms with Crippen LogP contribution in [0.15, 0.2) is 0 Å². The molecule has 0 aliphatic carbocycles. The van der Waals surface area contributed by atoms with Gasteiger partial charge in [-0.3, -0.25) is 24.0 Å². The minimum Gasteiger partial charge on any atom is -0.412 e. The largest absolute Gasteiger partial charge is 0.412 e. The second-order valence-electron chi connectivity index (χ2n) is 32.9. The minimum absolute atomic E-state index is 0. The molecule has 748 valence electrons. The summed E-state index contributed by atoms with van der Waals surface area (Å²) in [5.74, 6) is -7.19. The number of carbonyl (C=O) groups is 5. The summed E-state index contributed by atoms with van der Waals surface area (Å²) in [4.78, 5) is 63.5. The highest BCUT2D eigenvalue weighted by atomic mass is 16.9. The Kier molecular flexibility index (Phi) is 39.4. The second kappa shape index (κ2) is 47.0. The van der Waals surface area contributed by atoms with Crippen LogP contribution < -0.4 is 21.3 Å². The van der Waals surface area contributed by atoms with Crippen LogP contribution in [0.5, 0.6) is 0 Å². The van der Waals surface area contributed by atoms with Crippen LogP contribution in [0.4, 0.5) is 0 Å². The third-order valence-corrected chi connectivity index (χ3v) is 23.9. The van der Waals surface area contributed by atoms with Gasteiger partial charge in [0.1, 0.15) is 220 Å². The van der Waals surface area contributed by atoms with Crippen molar-refractivity contribution in [1.29, 1.82) is 0 Å². The number of nitrogens with one attached hydrogen (secondary N) is 4. The molecule has 51 atom stereocenters. The van der Waals surface area contributed by atoms with E-state index in [1.807, 2.05) is 0 Å². The Morgan fingerprint density at radius 2 is 0.698 bits per heavy atom. The normalized spacial score (nSPS) is 48.0. The van der Waals surface area contributed by atoms with E-state index >= 15 is 0 Å². The molecule has 56 heteroatoms. The molecule has 0 aromatic heterocycles. The molecule has 0 spiro atoms. The molecule has 129 heavy (non-hydrogen) atoms. The van der Waals surface area contributed by atoms with Crippen molar-refractivity contribution in [2.45, 2.75) is 361 Å². The van der Waals surface area contributed by atoms with Crippen molar-refractivity contribution < 1.29 is 257 Å². The second-order valence-corrected chi connectivity index (χ2v) is 32.9. The Morgan fingerprint density at radius 3 is 1.12 bits per heavy atom. The fourth-order valence-electron chi connectivity index (χ4n) is 16.9. The number of aliphatic hydroxyl groups is 26. The molecule has 10 heterocycles. The zero-order chi connectivity index (χ0) is 94.4. The number of carbonyl (C=O) groups excluding carboxylic acids is 5. The summed E-state index contributed by atoms with van der Waals surface area (Å²) in [6, 6.07) is -7.06. The molecule has 0 aromatic rings. The highest BCUT2D eigenvalue weighted by Crippen LogP contribution is 2.43. The van der Waals surface area contributed by atoms with E-state index in [1.54, 1.807) is 0 Å². The van der Waals surface area contributed by atoms with Crippen molar-refractivity contribution in [3.05, 3.63) is 0 Å². The van der Waals surface area contributed by atoms with Gasteiger partial charge in [-0.05, 0) is 13.8 Å². The summed E-state index contributed by atoms with van der Waals surface area (Å²) in [6.45, 7) is -2.11. The lowest BCUT2D eigenvalue weighted by molar-refractivity contribution is -0.424. The van der Waals surface area contributed by atoms with Crippen LogP contribution in [0.25, 0.3) is 0 Å². The number of ether oxygens (including phenoxy) is 20. The maximum absolute atomic E-state index is 13.2. The van der Waals surface area contributed by atoms with Crippen LogP contribution in [0, 0.1) is 5.92 Å². The standard InChI is InChI=1S/C73H122N4O51.H2O/c1-19-26(90)8-73(111-18-85,128-57(19)41(93)27(91)9-78)110-17-35-44(96)51(103)55(107)69(120-35)123-60-32(14-83)117-66(38(49(60)101)76-24(6)88)126-63-52(104)42(94)28(10-79)114-71(63)109-16-34-45(97)62(56(108)70(119-34)124-61-33(15-84)116-65(37(47(61)99)75-23(5)87)121-58-30(12-81)112-20(2)36(46(58)98)74-22(4)86)125-72-64(53(105)43(95)29(11-80)115-72)127-67-39(77-25(7)89)48(100)59(31(13-82)118-67)122-68-54(106)50(102)40(92)21(3)113-68;/h18-21,26-72,78-84,90-108H,8-17H2,1-7H3,(H,74,86)(H,75,87)(H,76,88)(H,77,89);1H2/t19-,20+,21?,26-,27-,28?,29?,30?,31?,32+,33?,34?,35?,36?,37?,38?,39?,40+,41+,42-,43-,44+,45-,46-,47-,48-,49?,50+,51+,52+,53?,54?,55?,56?,57?,58-,59-,60-,61-,62+,63?,64?,65+,66+,67+,68+,69+,70+,71+,72-,73+;/m1./s1. The Bertz CT molecular complexity index is 3500. The van der Waals surface area contributed by atoms with Crippen LogP contribution in [0.3, 0.4) is 0 Å². The summed E-state index contributed by atoms with van der Waals surface area (Å²) < 4.78 is 119. The maximum atomic E-state index is 13.2. The van der Waals surface area contributed by atoms with E-state index in [2.05, 4.69) is 21.3 Å². The molecule has 10 saturated heterocycles. The zero-order valence-electron chi connectivity index (χ0n) is 70.3. The third kappa shape index (κ3) is 24.2. The third-order valence-electron chi connectivity index (χ3n) is 23.9. The average Bonchev–Trinajstić information content (AvgIpc) is 0.767. The van der Waals surface area contributed by atoms with E-state index < -0.39 is 402 Å². The van der Waals surface area contributed by atoms with Gasteiger partial charge in [-0.1, -0.05) is 6.92 Å². The molecule has 0 bridgehead atoms. The molecule has 10 aliphatic heterocycles. The highest BCUT2D eigenvalue weighted by Gasteiger charge is 2.62. The SMILES string of the molecule is CC(=O)NC1C(O)[C@H](O[C@@H]2OC(CO[C@]3(OC=O)C[C@@H](O)[C@@H](C)C([C@@H](O)[C@H](O)CO)O3)[C@H](O)[C@H](O)C2O)[C@H](CO)O[C@H]1OC1[C@@H](OCC2O[C@@H](O[C@@H]3C(CO)O[C@@H](O[C@@H]4C(CO)O[C@@H](C)C(NC(C)=O)[C@H]4O)C(NC(C)=O)[C@H]3O)C(O)[C@@H](O[C@H]3OC(CO)[C@@H](O)C(O)C3O[C@@H]3OC(CO)[C@@H](O[C@@H]4OC(C)[C@H](O)[C@H](O)C4O)[C@H](O)C3NC(C)=O)[C@@H]2O)OC(CO)[C@@H](O)[C@@H]1O.O. The van der Waals surface area contributed by atoms with Crippen LogP contribution in [-0.4, -0.2) is 534 Å². The fourth-order valence-corrected chi connectivity index (χ4v) is 16.9. The van der Waals surface area contributed by atoms with Crippen molar-refractivity contribution in [1.82, 2.24) is 21.3 Å². The number of aliphatic hydroxyl groups excluding tert-OH is 26. The molecule has 20 unspecified atom stereocenters. The number of hydrogen-bond donors (Lipinski definition) is 30. The van der Waals surface area contributed by atoms with Gasteiger partial charge >= 0.3 is 5.97 Å². The number of amides is 4. The first-order valence-electron chi connectivity index (χ1n) is 41.3. The van der Waals surface area contributed by atoms with Crippen molar-refractivity contribution in [2.75, 3.05) is 59.5 Å². The molecule has 56 nitrogen and oxygen atoms in total. The van der Waals surface area contributed by atoms with Gasteiger partial charge in [0, 0.05) is 33.6 Å². The minimum atomic E-state index is -2.66. The topological polar surface area (TPSA) is 876 Å². The van der Waals surface area contributed by atoms with Gasteiger partial charge < -0.3 is 254 Å². The van der Waals surface area contributed by atoms with E-state index in [4.69, 9.17) is 94.7 Å². The Balaban J connectivity index is 0.0000188. The van der Waals surface area contributed by atoms with Gasteiger partial charge in [0.2, 0.25) is 23.6 Å². The molecule has 0 radical (unpaired) electrons. The molecule has 0 saturated carbocycles. The first kappa shape index (κ1) is 108. The molecule has 10 rings (SSSR count). The van der Waals surface area contributed by atoms with E-state index in [1.165, 1.54) is 20.8 Å². The van der Waals surface area contributed by atoms with E-state index in [0.29, 0.717) is 0 Å². The first-order valence-corrected chi connectivity index (χ1v) is 41.3. The van der Waals surface area contributed by atoms with Crippen LogP contribution in [0.2, 0.25) is 0 Å². The Labute approximate surface area is 732 Å². The van der Waals surface area contributed by atoms with Gasteiger partial charge in [0.25, 0.3) is 6.47 Å². The van der Waals surface area contributed by atoms with Gasteiger partial charge in [0.05, 0.1) is 96.3 Å². The van der Waals surface area contributed by atoms with Gasteiger partial charge in [-0.2, -0.15) is 0 Å². The Hall–Kier alpha value is -4.49. The highest BCUT2D eigenvalue weighted by molar-refractivity contribution is 5.74. The summed E-state index contributed by atoms with van der Waals surface area (Å²) in [7, 11) is 0. The zero-order valence-corrected chi connectivity index (χ0v) is 70.3. The lowest BCUT2D eigenvalue weighted by atomic mass is 9.87. The summed E-state index contributed by atoms with van der Waals surface area (Å²) in [6.07, 6.45) is -92.3. The summed E-state index contributed by atoms with van der Waals surface area (Å²) >= 11 is 0. The summed E-state index contributed by atoms with van der Waals surface area (Å²) in [5, 5.41) is 303. The molecule has 0 aromatic carbocycles. The van der Waals surface area contributed by atoms with Crippen molar-refractivity contribution in [3.63, 3.8) is 0 Å². The predicted octanol–water partition coefficient (Wildman–Crippen LogP) is -20.4. The predicted molar refractivity (Wildman–Crippen MR) is 402 cm³/mol. The molecule has 32 N–H and O–H groups in total. The Morgan fingerprint density at radius 1 is 0.357 bits per heavy atom. The fraction of sp³-hybridized carbons (Fsp3) is 0.932. The van der Waals surface area contributed by atoms with Crippen LogP contribution in [-0.2, 0) is 119 Å². The smallest absolute Gasteiger partial charge is 0.332 e. The summed E-state index contributed by atoms with van der Waals surface area (Å²) in [5.41, 5.74) is 0. The van der Waals surface area contributed by atoms with E-state index in [0.717, 1.165) is 27.7 Å². The first-order chi connectivity index (χ1) is 60.5. The molecule has 4 amide bonds. The molecule has 10 fully saturated rings. The molecular weight excluding hydrogens is 1760 g/mol. The van der Waals surface area contributed by atoms with E-state index in [-0.39, 0.29) is 11.9 Å². The van der Waals surface area contributed by atoms with E-state index in [9.17, 15) is 157 Å². The number of hydrogen-bond acceptors (Lipinski definition) is 51. The average molecular weight is 1890 g/mol. The van der Waals surface area contributed by atoms with Crippen molar-refractivity contribution in [2.24, 2.45) is 5.92 Å². The van der Waals surface area contributed by atoms with Gasteiger partial charge in [-0.25, -0.2) is 0 Å².